The van der Waals surface area contributed by atoms with Crippen LogP contribution < -0.4 is 4.74 Å². The number of H-pyrrole nitrogens is 1. The quantitative estimate of drug-likeness (QED) is 0.795. The molecule has 2 aromatic carbocycles. The molecule has 0 radical (unpaired) electrons. The van der Waals surface area contributed by atoms with Crippen molar-refractivity contribution in [2.75, 3.05) is 0 Å². The van der Waals surface area contributed by atoms with Crippen molar-refractivity contribution in [2.24, 2.45) is 0 Å². The van der Waals surface area contributed by atoms with Gasteiger partial charge in [-0.25, -0.2) is 4.98 Å². The zero-order chi connectivity index (χ0) is 15.5. The largest absolute Gasteiger partial charge is 0.491 e. The van der Waals surface area contributed by atoms with Gasteiger partial charge < -0.3 is 9.72 Å². The number of ether oxygens (including phenoxy) is 1. The number of benzene rings is 2. The van der Waals surface area contributed by atoms with Crippen LogP contribution in [-0.4, -0.2) is 16.1 Å². The molecule has 3 aromatic rings. The molecular weight excluding hydrogens is 274 g/mol. The Kier molecular flexibility index (Phi) is 3.80. The molecule has 0 saturated heterocycles. The monoisotopic (exact) mass is 291 g/mol. The SMILES string of the molecule is CC(C)Oc1ccc(Cc2nc3ccc(C#N)cc3[nH]2)cc1. The number of hydrogen-bond acceptors (Lipinski definition) is 3. The van der Waals surface area contributed by atoms with E-state index in [0.717, 1.165) is 34.6 Å². The van der Waals surface area contributed by atoms with Crippen LogP contribution in [0.15, 0.2) is 42.5 Å². The summed E-state index contributed by atoms with van der Waals surface area (Å²) >= 11 is 0. The maximum atomic E-state index is 8.93. The minimum atomic E-state index is 0.176. The number of fused-ring (bicyclic) bond motifs is 1. The first-order chi connectivity index (χ1) is 10.6. The number of nitrogens with one attached hydrogen (secondary N) is 1. The number of hydrogen-bond donors (Lipinski definition) is 1. The summed E-state index contributed by atoms with van der Waals surface area (Å²) in [6, 6.07) is 15.7. The predicted octanol–water partition coefficient (Wildman–Crippen LogP) is 3.81. The van der Waals surface area contributed by atoms with Crippen LogP contribution in [0.2, 0.25) is 0 Å². The molecule has 0 saturated carbocycles. The maximum Gasteiger partial charge on any atom is 0.119 e. The molecule has 0 aliphatic heterocycles. The number of nitriles is 1. The van der Waals surface area contributed by atoms with E-state index in [0.29, 0.717) is 5.56 Å². The molecule has 0 amide bonds. The van der Waals surface area contributed by atoms with Crippen LogP contribution in [0.3, 0.4) is 0 Å². The fourth-order valence-electron chi connectivity index (χ4n) is 2.37. The third-order valence-corrected chi connectivity index (χ3v) is 3.33. The average molecular weight is 291 g/mol. The molecule has 0 unspecified atom stereocenters. The van der Waals surface area contributed by atoms with E-state index < -0.39 is 0 Å². The second-order valence-electron chi connectivity index (χ2n) is 5.51. The van der Waals surface area contributed by atoms with Crippen molar-refractivity contribution >= 4 is 11.0 Å². The molecule has 0 fully saturated rings. The molecule has 4 heteroatoms. The number of nitrogens with zero attached hydrogens (tertiary/aromatic N) is 2. The summed E-state index contributed by atoms with van der Waals surface area (Å²) in [5.74, 6) is 1.77. The van der Waals surface area contributed by atoms with E-state index in [1.54, 1.807) is 6.07 Å². The van der Waals surface area contributed by atoms with E-state index in [1.165, 1.54) is 0 Å². The summed E-state index contributed by atoms with van der Waals surface area (Å²) in [6.45, 7) is 4.02. The van der Waals surface area contributed by atoms with Gasteiger partial charge in [0.05, 0.1) is 28.8 Å². The highest BCUT2D eigenvalue weighted by molar-refractivity contribution is 5.76. The Morgan fingerprint density at radius 3 is 2.64 bits per heavy atom. The molecule has 4 nitrogen and oxygen atoms in total. The summed E-state index contributed by atoms with van der Waals surface area (Å²) in [6.07, 6.45) is 0.897. The molecular formula is C18H17N3O. The van der Waals surface area contributed by atoms with Gasteiger partial charge in [0.1, 0.15) is 11.6 Å². The van der Waals surface area contributed by atoms with E-state index in [4.69, 9.17) is 10.00 Å². The van der Waals surface area contributed by atoms with Crippen molar-refractivity contribution < 1.29 is 4.74 Å². The van der Waals surface area contributed by atoms with Crippen molar-refractivity contribution in [1.29, 1.82) is 5.26 Å². The predicted molar refractivity (Wildman–Crippen MR) is 85.8 cm³/mol. The zero-order valence-electron chi connectivity index (χ0n) is 12.6. The number of aromatic amines is 1. The molecule has 0 spiro atoms. The number of rotatable bonds is 4. The minimum absolute atomic E-state index is 0.176. The molecule has 1 heterocycles. The topological polar surface area (TPSA) is 61.7 Å². The number of imidazole rings is 1. The maximum absolute atomic E-state index is 8.93. The minimum Gasteiger partial charge on any atom is -0.491 e. The smallest absolute Gasteiger partial charge is 0.119 e. The lowest BCUT2D eigenvalue weighted by atomic mass is 10.1. The van der Waals surface area contributed by atoms with Crippen molar-refractivity contribution in [3.63, 3.8) is 0 Å². The third kappa shape index (κ3) is 3.09. The molecule has 0 atom stereocenters. The standard InChI is InChI=1S/C18H17N3O/c1-12(2)22-15-6-3-13(4-7-15)10-18-20-16-8-5-14(11-19)9-17(16)21-18/h3-9,12H,10H2,1-2H3,(H,20,21). The van der Waals surface area contributed by atoms with E-state index in [1.807, 2.05) is 50.2 Å². The molecule has 0 bridgehead atoms. The van der Waals surface area contributed by atoms with Crippen LogP contribution in [0.4, 0.5) is 0 Å². The molecule has 1 N–H and O–H groups in total. The highest BCUT2D eigenvalue weighted by Crippen LogP contribution is 2.18. The van der Waals surface area contributed by atoms with Crippen molar-refractivity contribution in [2.45, 2.75) is 26.4 Å². The second-order valence-corrected chi connectivity index (χ2v) is 5.51. The van der Waals surface area contributed by atoms with Gasteiger partial charge in [-0.15, -0.1) is 0 Å². The van der Waals surface area contributed by atoms with Crippen molar-refractivity contribution in [3.8, 4) is 11.8 Å². The van der Waals surface area contributed by atoms with Crippen LogP contribution in [0, 0.1) is 11.3 Å². The Balaban J connectivity index is 1.79. The van der Waals surface area contributed by atoms with Crippen LogP contribution in [-0.2, 0) is 6.42 Å². The molecule has 22 heavy (non-hydrogen) atoms. The van der Waals surface area contributed by atoms with Crippen LogP contribution >= 0.6 is 0 Å². The van der Waals surface area contributed by atoms with Crippen LogP contribution in [0.25, 0.3) is 11.0 Å². The lowest BCUT2D eigenvalue weighted by molar-refractivity contribution is 0.242. The lowest BCUT2D eigenvalue weighted by Gasteiger charge is -2.09. The summed E-state index contributed by atoms with van der Waals surface area (Å²) in [4.78, 5) is 7.83. The van der Waals surface area contributed by atoms with Gasteiger partial charge >= 0.3 is 0 Å². The first-order valence-corrected chi connectivity index (χ1v) is 7.28. The molecule has 0 aliphatic rings. The van der Waals surface area contributed by atoms with E-state index in [9.17, 15) is 0 Å². The number of aromatic nitrogens is 2. The molecule has 1 aromatic heterocycles. The Morgan fingerprint density at radius 2 is 1.95 bits per heavy atom. The van der Waals surface area contributed by atoms with Crippen molar-refractivity contribution in [3.05, 3.63) is 59.4 Å². The van der Waals surface area contributed by atoms with E-state index >= 15 is 0 Å². The summed E-state index contributed by atoms with van der Waals surface area (Å²) in [5.41, 5.74) is 3.58. The van der Waals surface area contributed by atoms with Gasteiger partial charge in [-0.3, -0.25) is 0 Å². The van der Waals surface area contributed by atoms with Gasteiger partial charge in [0.25, 0.3) is 0 Å². The fourth-order valence-corrected chi connectivity index (χ4v) is 2.37. The van der Waals surface area contributed by atoms with Crippen molar-refractivity contribution in [1.82, 2.24) is 9.97 Å². The van der Waals surface area contributed by atoms with Gasteiger partial charge in [-0.2, -0.15) is 5.26 Å². The third-order valence-electron chi connectivity index (χ3n) is 3.33. The summed E-state index contributed by atoms with van der Waals surface area (Å²) in [5, 5.41) is 8.93. The van der Waals surface area contributed by atoms with Crippen LogP contribution in [0.1, 0.15) is 30.8 Å². The summed E-state index contributed by atoms with van der Waals surface area (Å²) in [7, 11) is 0. The van der Waals surface area contributed by atoms with Crippen LogP contribution in [0.5, 0.6) is 5.75 Å². The highest BCUT2D eigenvalue weighted by atomic mass is 16.5. The first kappa shape index (κ1) is 14.2. The van der Waals surface area contributed by atoms with Gasteiger partial charge in [-0.1, -0.05) is 12.1 Å². The summed E-state index contributed by atoms with van der Waals surface area (Å²) < 4.78 is 5.64. The van der Waals surface area contributed by atoms with Gasteiger partial charge in [-0.05, 0) is 49.7 Å². The average Bonchev–Trinajstić information content (AvgIpc) is 2.89. The molecule has 0 aliphatic carbocycles. The highest BCUT2D eigenvalue weighted by Gasteiger charge is 2.05. The molecule has 110 valence electrons. The van der Waals surface area contributed by atoms with Gasteiger partial charge in [0, 0.05) is 6.42 Å². The fraction of sp³-hybridized carbons (Fsp3) is 0.222. The van der Waals surface area contributed by atoms with Gasteiger partial charge in [0.15, 0.2) is 0 Å². The Hall–Kier alpha value is -2.80. The second kappa shape index (κ2) is 5.90. The Bertz CT molecular complexity index is 826. The lowest BCUT2D eigenvalue weighted by Crippen LogP contribution is -2.05. The zero-order valence-corrected chi connectivity index (χ0v) is 12.6. The Labute approximate surface area is 129 Å². The Morgan fingerprint density at radius 1 is 1.18 bits per heavy atom. The van der Waals surface area contributed by atoms with E-state index in [2.05, 4.69) is 16.0 Å². The van der Waals surface area contributed by atoms with E-state index in [-0.39, 0.29) is 6.10 Å². The van der Waals surface area contributed by atoms with Gasteiger partial charge in [0.2, 0.25) is 0 Å². The molecule has 3 rings (SSSR count). The first-order valence-electron chi connectivity index (χ1n) is 7.28. The normalized spacial score (nSPS) is 10.8.